The van der Waals surface area contributed by atoms with Crippen molar-refractivity contribution in [2.45, 2.75) is 25.6 Å². The zero-order chi connectivity index (χ0) is 8.43. The molecule has 0 radical (unpaired) electrons. The van der Waals surface area contributed by atoms with E-state index in [2.05, 4.69) is 5.32 Å². The van der Waals surface area contributed by atoms with Crippen molar-refractivity contribution in [1.82, 2.24) is 5.32 Å². The molecule has 1 heterocycles. The molecule has 11 heavy (non-hydrogen) atoms. The molecule has 0 aliphatic carbocycles. The van der Waals surface area contributed by atoms with Gasteiger partial charge in [0.05, 0.1) is 6.54 Å². The summed E-state index contributed by atoms with van der Waals surface area (Å²) in [5.74, 6) is -0.0405. The number of piperidine rings is 1. The van der Waals surface area contributed by atoms with Gasteiger partial charge < -0.3 is 5.11 Å². The van der Waals surface area contributed by atoms with Crippen LogP contribution >= 0.6 is 0 Å². The number of nitrogens with one attached hydrogen (secondary N) is 1. The maximum absolute atomic E-state index is 10.4. The van der Waals surface area contributed by atoms with Crippen LogP contribution in [-0.2, 0) is 0 Å². The predicted molar refractivity (Wildman–Crippen MR) is 38.6 cm³/mol. The van der Waals surface area contributed by atoms with Crippen molar-refractivity contribution >= 4 is 0 Å². The van der Waals surface area contributed by atoms with Gasteiger partial charge in [-0.25, -0.2) is 0 Å². The van der Waals surface area contributed by atoms with Crippen LogP contribution in [0.1, 0.15) is 13.3 Å². The van der Waals surface area contributed by atoms with E-state index < -0.39 is 12.3 Å². The average Bonchev–Trinajstić information content (AvgIpc) is 1.85. The minimum absolute atomic E-state index is 0.0405. The Hall–Kier alpha value is -0.680. The molecule has 0 aromatic heterocycles. The Bertz CT molecular complexity index is 162. The number of hydrogen-bond donors (Lipinski definition) is 2. The standard InChI is InChI=1S/C6H12N2O3/c1-4-2-6(9)7-3-5(4)8(10)11/h4-7,9H,2-3H2,1H3. The van der Waals surface area contributed by atoms with E-state index in [-0.39, 0.29) is 17.4 Å². The molecule has 1 aliphatic rings. The normalized spacial score (nSPS) is 38.5. The van der Waals surface area contributed by atoms with E-state index >= 15 is 0 Å². The number of hydrogen-bond acceptors (Lipinski definition) is 4. The van der Waals surface area contributed by atoms with Crippen molar-refractivity contribution in [3.8, 4) is 0 Å². The SMILES string of the molecule is CC1CC(O)NCC1[N+](=O)[O-]. The van der Waals surface area contributed by atoms with E-state index in [1.165, 1.54) is 0 Å². The van der Waals surface area contributed by atoms with Gasteiger partial charge in [-0.2, -0.15) is 0 Å². The largest absolute Gasteiger partial charge is 0.379 e. The molecule has 0 aromatic carbocycles. The number of nitro groups is 1. The highest BCUT2D eigenvalue weighted by Gasteiger charge is 2.33. The number of aliphatic hydroxyl groups excluding tert-OH is 1. The van der Waals surface area contributed by atoms with Crippen molar-refractivity contribution < 1.29 is 10.0 Å². The van der Waals surface area contributed by atoms with Gasteiger partial charge in [0.15, 0.2) is 0 Å². The first-order valence-electron chi connectivity index (χ1n) is 3.66. The number of nitrogens with zero attached hydrogens (tertiary/aromatic N) is 1. The van der Waals surface area contributed by atoms with Crippen molar-refractivity contribution in [3.05, 3.63) is 10.1 Å². The fourth-order valence-corrected chi connectivity index (χ4v) is 1.33. The molecule has 1 aliphatic heterocycles. The Morgan fingerprint density at radius 2 is 2.36 bits per heavy atom. The average molecular weight is 160 g/mol. The molecule has 0 spiro atoms. The summed E-state index contributed by atoms with van der Waals surface area (Å²) < 4.78 is 0. The van der Waals surface area contributed by atoms with Crippen LogP contribution in [0.3, 0.4) is 0 Å². The minimum atomic E-state index is -0.568. The molecule has 0 bridgehead atoms. The van der Waals surface area contributed by atoms with Crippen LogP contribution in [-0.4, -0.2) is 28.8 Å². The Kier molecular flexibility index (Phi) is 2.41. The summed E-state index contributed by atoms with van der Waals surface area (Å²) in [6.07, 6.45) is -0.104. The summed E-state index contributed by atoms with van der Waals surface area (Å²) in [5, 5.41) is 22.1. The maximum Gasteiger partial charge on any atom is 0.228 e. The predicted octanol–water partition coefficient (Wildman–Crippen LogP) is -0.421. The Balaban J connectivity index is 2.50. The third-order valence-corrected chi connectivity index (χ3v) is 2.09. The van der Waals surface area contributed by atoms with Crippen LogP contribution in [0.2, 0.25) is 0 Å². The molecule has 3 atom stereocenters. The lowest BCUT2D eigenvalue weighted by molar-refractivity contribution is -0.532. The minimum Gasteiger partial charge on any atom is -0.379 e. The van der Waals surface area contributed by atoms with Gasteiger partial charge in [-0.05, 0) is 6.42 Å². The third kappa shape index (κ3) is 1.87. The van der Waals surface area contributed by atoms with E-state index in [1.807, 2.05) is 0 Å². The topological polar surface area (TPSA) is 75.4 Å². The lowest BCUT2D eigenvalue weighted by Gasteiger charge is -2.26. The molecule has 0 aromatic rings. The van der Waals surface area contributed by atoms with Gasteiger partial charge in [0.1, 0.15) is 6.23 Å². The summed E-state index contributed by atoms with van der Waals surface area (Å²) >= 11 is 0. The fourth-order valence-electron chi connectivity index (χ4n) is 1.33. The summed E-state index contributed by atoms with van der Waals surface area (Å²) in [6.45, 7) is 2.06. The Labute approximate surface area is 64.6 Å². The Morgan fingerprint density at radius 1 is 1.73 bits per heavy atom. The molecule has 1 fully saturated rings. The first kappa shape index (κ1) is 8.42. The highest BCUT2D eigenvalue weighted by atomic mass is 16.6. The lowest BCUT2D eigenvalue weighted by atomic mass is 9.94. The fraction of sp³-hybridized carbons (Fsp3) is 1.00. The zero-order valence-electron chi connectivity index (χ0n) is 6.36. The van der Waals surface area contributed by atoms with Crippen molar-refractivity contribution in [2.24, 2.45) is 5.92 Å². The highest BCUT2D eigenvalue weighted by Crippen LogP contribution is 2.16. The molecule has 0 amide bonds. The van der Waals surface area contributed by atoms with E-state index in [0.717, 1.165) is 0 Å². The lowest BCUT2D eigenvalue weighted by Crippen LogP contribution is -2.49. The quantitative estimate of drug-likeness (QED) is 0.403. The molecular formula is C6H12N2O3. The highest BCUT2D eigenvalue weighted by molar-refractivity contribution is 4.76. The first-order chi connectivity index (χ1) is 5.11. The second kappa shape index (κ2) is 3.15. The van der Waals surface area contributed by atoms with Gasteiger partial charge in [-0.1, -0.05) is 6.92 Å². The van der Waals surface area contributed by atoms with Gasteiger partial charge in [0.2, 0.25) is 6.04 Å². The smallest absolute Gasteiger partial charge is 0.228 e. The van der Waals surface area contributed by atoms with E-state index in [9.17, 15) is 10.1 Å². The van der Waals surface area contributed by atoms with Gasteiger partial charge in [-0.15, -0.1) is 0 Å². The van der Waals surface area contributed by atoms with Crippen LogP contribution in [0.5, 0.6) is 0 Å². The van der Waals surface area contributed by atoms with E-state index in [0.29, 0.717) is 6.42 Å². The van der Waals surface area contributed by atoms with Gasteiger partial charge >= 0.3 is 0 Å². The van der Waals surface area contributed by atoms with Crippen molar-refractivity contribution in [3.63, 3.8) is 0 Å². The van der Waals surface area contributed by atoms with Crippen LogP contribution in [0.4, 0.5) is 0 Å². The maximum atomic E-state index is 10.4. The monoisotopic (exact) mass is 160 g/mol. The summed E-state index contributed by atoms with van der Waals surface area (Å²) in [4.78, 5) is 10.1. The first-order valence-corrected chi connectivity index (χ1v) is 3.66. The molecule has 1 rings (SSSR count). The van der Waals surface area contributed by atoms with Crippen LogP contribution in [0.15, 0.2) is 0 Å². The summed E-state index contributed by atoms with van der Waals surface area (Å²) in [5.41, 5.74) is 0. The number of rotatable bonds is 1. The summed E-state index contributed by atoms with van der Waals surface area (Å²) in [7, 11) is 0. The van der Waals surface area contributed by atoms with E-state index in [4.69, 9.17) is 5.11 Å². The third-order valence-electron chi connectivity index (χ3n) is 2.09. The second-order valence-electron chi connectivity index (χ2n) is 2.99. The van der Waals surface area contributed by atoms with Crippen molar-refractivity contribution in [1.29, 1.82) is 0 Å². The number of aliphatic hydroxyl groups is 1. The molecule has 5 heteroatoms. The van der Waals surface area contributed by atoms with E-state index in [1.54, 1.807) is 6.92 Å². The zero-order valence-corrected chi connectivity index (χ0v) is 6.36. The second-order valence-corrected chi connectivity index (χ2v) is 2.99. The summed E-state index contributed by atoms with van der Waals surface area (Å²) in [6, 6.07) is -0.543. The van der Waals surface area contributed by atoms with Crippen LogP contribution in [0, 0.1) is 16.0 Å². The van der Waals surface area contributed by atoms with Crippen molar-refractivity contribution in [2.75, 3.05) is 6.54 Å². The van der Waals surface area contributed by atoms with Crippen LogP contribution < -0.4 is 5.32 Å². The molecule has 5 nitrogen and oxygen atoms in total. The Morgan fingerprint density at radius 3 is 2.82 bits per heavy atom. The molecular weight excluding hydrogens is 148 g/mol. The van der Waals surface area contributed by atoms with Gasteiger partial charge in [0, 0.05) is 10.8 Å². The molecule has 0 saturated carbocycles. The molecule has 1 saturated heterocycles. The molecule has 64 valence electrons. The van der Waals surface area contributed by atoms with Crippen LogP contribution in [0.25, 0.3) is 0 Å². The van der Waals surface area contributed by atoms with Gasteiger partial charge in [-0.3, -0.25) is 15.4 Å². The van der Waals surface area contributed by atoms with Gasteiger partial charge in [0.25, 0.3) is 0 Å². The molecule has 3 unspecified atom stereocenters. The molecule has 2 N–H and O–H groups in total.